The van der Waals surface area contributed by atoms with Gasteiger partial charge < -0.3 is 19.7 Å². The maximum Gasteiger partial charge on any atom is 0.261 e. The number of hydrogen-bond donors (Lipinski definition) is 1. The molecule has 1 aliphatic rings. The lowest BCUT2D eigenvalue weighted by Gasteiger charge is -2.28. The van der Waals surface area contributed by atoms with E-state index in [-0.39, 0.29) is 5.91 Å². The summed E-state index contributed by atoms with van der Waals surface area (Å²) in [6.07, 6.45) is -0.542. The molecule has 1 saturated heterocycles. The van der Waals surface area contributed by atoms with Crippen molar-refractivity contribution in [3.8, 4) is 5.75 Å². The van der Waals surface area contributed by atoms with Crippen LogP contribution < -0.4 is 15.0 Å². The van der Waals surface area contributed by atoms with Gasteiger partial charge in [-0.05, 0) is 61.7 Å². The molecule has 0 bridgehead atoms. The lowest BCUT2D eigenvalue weighted by molar-refractivity contribution is -0.127. The molecule has 1 amide bonds. The number of carbonyl (C=O) groups excluding carboxylic acids is 1. The molecule has 5 nitrogen and oxygen atoms in total. The Morgan fingerprint density at radius 1 is 1.11 bits per heavy atom. The van der Waals surface area contributed by atoms with E-state index >= 15 is 0 Å². The average molecular weight is 368 g/mol. The second-order valence-corrected chi connectivity index (χ2v) is 6.99. The Balaban J connectivity index is 1.49. The van der Waals surface area contributed by atoms with Crippen LogP contribution in [0.4, 0.5) is 5.69 Å². The van der Waals surface area contributed by atoms with Crippen LogP contribution in [0.15, 0.2) is 42.5 Å². The van der Waals surface area contributed by atoms with Crippen LogP contribution in [0.1, 0.15) is 23.6 Å². The summed E-state index contributed by atoms with van der Waals surface area (Å²) in [5.41, 5.74) is 4.62. The van der Waals surface area contributed by atoms with E-state index in [0.717, 1.165) is 43.2 Å². The lowest BCUT2D eigenvalue weighted by Crippen LogP contribution is -2.36. The molecule has 27 heavy (non-hydrogen) atoms. The zero-order valence-corrected chi connectivity index (χ0v) is 16.3. The first-order valence-electron chi connectivity index (χ1n) is 9.46. The van der Waals surface area contributed by atoms with Crippen LogP contribution in [0.2, 0.25) is 0 Å². The van der Waals surface area contributed by atoms with Crippen LogP contribution in [0.3, 0.4) is 0 Å². The summed E-state index contributed by atoms with van der Waals surface area (Å²) in [7, 11) is 0. The van der Waals surface area contributed by atoms with Gasteiger partial charge in [-0.15, -0.1) is 0 Å². The summed E-state index contributed by atoms with van der Waals surface area (Å²) >= 11 is 0. The Morgan fingerprint density at radius 2 is 1.81 bits per heavy atom. The van der Waals surface area contributed by atoms with Crippen molar-refractivity contribution < 1.29 is 14.3 Å². The number of aryl methyl sites for hydroxylation is 2. The molecule has 0 saturated carbocycles. The molecule has 2 aromatic rings. The van der Waals surface area contributed by atoms with Gasteiger partial charge in [-0.3, -0.25) is 4.79 Å². The molecular formula is C22H28N2O3. The number of ether oxygens (including phenoxy) is 2. The first-order chi connectivity index (χ1) is 13.0. The average Bonchev–Trinajstić information content (AvgIpc) is 2.70. The molecular weight excluding hydrogens is 340 g/mol. The van der Waals surface area contributed by atoms with E-state index < -0.39 is 6.10 Å². The molecule has 0 radical (unpaired) electrons. The Labute approximate surface area is 161 Å². The van der Waals surface area contributed by atoms with Crippen LogP contribution in [0.25, 0.3) is 0 Å². The molecule has 0 spiro atoms. The number of rotatable bonds is 6. The molecule has 5 heteroatoms. The topological polar surface area (TPSA) is 50.8 Å². The number of hydrogen-bond acceptors (Lipinski definition) is 4. The second-order valence-electron chi connectivity index (χ2n) is 6.99. The maximum atomic E-state index is 12.3. The third-order valence-corrected chi connectivity index (χ3v) is 4.94. The number of nitrogens with zero attached hydrogens (tertiary/aromatic N) is 1. The van der Waals surface area contributed by atoms with Gasteiger partial charge in [0.15, 0.2) is 6.10 Å². The normalized spacial score (nSPS) is 15.3. The molecule has 144 valence electrons. The van der Waals surface area contributed by atoms with Gasteiger partial charge in [0.2, 0.25) is 0 Å². The highest BCUT2D eigenvalue weighted by atomic mass is 16.5. The number of carbonyl (C=O) groups is 1. The van der Waals surface area contributed by atoms with Crippen molar-refractivity contribution in [2.45, 2.75) is 33.4 Å². The minimum atomic E-state index is -0.542. The minimum absolute atomic E-state index is 0.120. The van der Waals surface area contributed by atoms with Gasteiger partial charge in [0.05, 0.1) is 13.2 Å². The van der Waals surface area contributed by atoms with Gasteiger partial charge in [0, 0.05) is 25.3 Å². The highest BCUT2D eigenvalue weighted by molar-refractivity contribution is 5.80. The SMILES string of the molecule is Cc1ccc(O[C@H](C)C(=O)NCc2ccc(N3CCOCC3)cc2)cc1C. The van der Waals surface area contributed by atoms with Crippen LogP contribution in [0.5, 0.6) is 5.75 Å². The molecule has 0 aromatic heterocycles. The Kier molecular flexibility index (Phi) is 6.35. The summed E-state index contributed by atoms with van der Waals surface area (Å²) in [5.74, 6) is 0.598. The van der Waals surface area contributed by atoms with E-state index in [1.807, 2.05) is 25.1 Å². The monoisotopic (exact) mass is 368 g/mol. The third kappa shape index (κ3) is 5.23. The summed E-state index contributed by atoms with van der Waals surface area (Å²) in [6.45, 7) is 9.74. The number of nitrogens with one attached hydrogen (secondary N) is 1. The standard InChI is InChI=1S/C22H28N2O3/c1-16-4-9-21(14-17(16)2)27-18(3)22(25)23-15-19-5-7-20(8-6-19)24-10-12-26-13-11-24/h4-9,14,18H,10-13,15H2,1-3H3,(H,23,25)/t18-/m1/s1. The van der Waals surface area contributed by atoms with Crippen molar-refractivity contribution in [3.05, 3.63) is 59.2 Å². The zero-order valence-electron chi connectivity index (χ0n) is 16.3. The largest absolute Gasteiger partial charge is 0.481 e. The summed E-state index contributed by atoms with van der Waals surface area (Å²) in [6, 6.07) is 14.2. The van der Waals surface area contributed by atoms with E-state index in [1.165, 1.54) is 11.3 Å². The summed E-state index contributed by atoms with van der Waals surface area (Å²) in [4.78, 5) is 14.6. The summed E-state index contributed by atoms with van der Waals surface area (Å²) < 4.78 is 11.2. The van der Waals surface area contributed by atoms with Gasteiger partial charge in [0.1, 0.15) is 5.75 Å². The smallest absolute Gasteiger partial charge is 0.261 e. The van der Waals surface area contributed by atoms with Crippen molar-refractivity contribution in [3.63, 3.8) is 0 Å². The van der Waals surface area contributed by atoms with E-state index in [1.54, 1.807) is 6.92 Å². The van der Waals surface area contributed by atoms with Crippen molar-refractivity contribution in [1.82, 2.24) is 5.32 Å². The first kappa shape index (κ1) is 19.2. The van der Waals surface area contributed by atoms with Crippen molar-refractivity contribution in [1.29, 1.82) is 0 Å². The van der Waals surface area contributed by atoms with E-state index in [4.69, 9.17) is 9.47 Å². The number of morpholine rings is 1. The van der Waals surface area contributed by atoms with E-state index in [9.17, 15) is 4.79 Å². The molecule has 1 heterocycles. The Hall–Kier alpha value is -2.53. The highest BCUT2D eigenvalue weighted by Crippen LogP contribution is 2.18. The molecule has 1 fully saturated rings. The predicted molar refractivity (Wildman–Crippen MR) is 107 cm³/mol. The first-order valence-corrected chi connectivity index (χ1v) is 9.46. The van der Waals surface area contributed by atoms with Crippen LogP contribution in [-0.4, -0.2) is 38.3 Å². The van der Waals surface area contributed by atoms with Crippen LogP contribution in [0, 0.1) is 13.8 Å². The maximum absolute atomic E-state index is 12.3. The van der Waals surface area contributed by atoms with Crippen molar-refractivity contribution >= 4 is 11.6 Å². The van der Waals surface area contributed by atoms with Gasteiger partial charge in [-0.2, -0.15) is 0 Å². The number of amides is 1. The molecule has 3 rings (SSSR count). The van der Waals surface area contributed by atoms with E-state index in [0.29, 0.717) is 6.54 Å². The quantitative estimate of drug-likeness (QED) is 0.851. The van der Waals surface area contributed by atoms with Crippen LogP contribution >= 0.6 is 0 Å². The van der Waals surface area contributed by atoms with Crippen molar-refractivity contribution in [2.75, 3.05) is 31.2 Å². The molecule has 1 atom stereocenters. The van der Waals surface area contributed by atoms with Gasteiger partial charge in [-0.1, -0.05) is 18.2 Å². The molecule has 0 aliphatic carbocycles. The fraction of sp³-hybridized carbons (Fsp3) is 0.409. The minimum Gasteiger partial charge on any atom is -0.481 e. The zero-order chi connectivity index (χ0) is 19.2. The van der Waals surface area contributed by atoms with Crippen molar-refractivity contribution in [2.24, 2.45) is 0 Å². The second kappa shape index (κ2) is 8.91. The highest BCUT2D eigenvalue weighted by Gasteiger charge is 2.15. The Bertz CT molecular complexity index is 768. The summed E-state index contributed by atoms with van der Waals surface area (Å²) in [5, 5.41) is 2.95. The molecule has 0 unspecified atom stereocenters. The van der Waals surface area contributed by atoms with E-state index in [2.05, 4.69) is 41.4 Å². The molecule has 2 aromatic carbocycles. The molecule has 1 N–H and O–H groups in total. The van der Waals surface area contributed by atoms with Crippen LogP contribution in [-0.2, 0) is 16.1 Å². The molecule has 1 aliphatic heterocycles. The van der Waals surface area contributed by atoms with Gasteiger partial charge >= 0.3 is 0 Å². The fourth-order valence-corrected chi connectivity index (χ4v) is 3.02. The Morgan fingerprint density at radius 3 is 2.48 bits per heavy atom. The number of benzene rings is 2. The van der Waals surface area contributed by atoms with Gasteiger partial charge in [-0.25, -0.2) is 0 Å². The fourth-order valence-electron chi connectivity index (χ4n) is 3.02. The third-order valence-electron chi connectivity index (χ3n) is 4.94. The van der Waals surface area contributed by atoms with Gasteiger partial charge in [0.25, 0.3) is 5.91 Å². The lowest BCUT2D eigenvalue weighted by atomic mass is 10.1. The number of anilines is 1. The predicted octanol–water partition coefficient (Wildman–Crippen LogP) is 3.22.